The molecule has 0 radical (unpaired) electrons. The average molecular weight is 283 g/mol. The van der Waals surface area contributed by atoms with E-state index in [1.165, 1.54) is 6.07 Å². The second-order valence-electron chi connectivity index (χ2n) is 4.37. The molecule has 1 atom stereocenters. The van der Waals surface area contributed by atoms with Crippen LogP contribution in [0.5, 0.6) is 0 Å². The molecule has 2 aromatic carbocycles. The van der Waals surface area contributed by atoms with Crippen molar-refractivity contribution >= 4 is 5.69 Å². The van der Waals surface area contributed by atoms with Gasteiger partial charge < -0.3 is 5.32 Å². The van der Waals surface area contributed by atoms with Crippen LogP contribution in [0.3, 0.4) is 0 Å². The monoisotopic (exact) mass is 283 g/mol. The van der Waals surface area contributed by atoms with Gasteiger partial charge in [-0.3, -0.25) is 0 Å². The zero-order chi connectivity index (χ0) is 14.7. The molecule has 0 spiro atoms. The number of hydrogen-bond donors (Lipinski definition) is 1. The van der Waals surface area contributed by atoms with Crippen LogP contribution < -0.4 is 5.32 Å². The Balaban J connectivity index is 2.32. The van der Waals surface area contributed by atoms with Crippen molar-refractivity contribution in [2.24, 2.45) is 0 Å². The molecule has 1 N–H and O–H groups in total. The number of halogens is 4. The Morgan fingerprint density at radius 2 is 1.55 bits per heavy atom. The van der Waals surface area contributed by atoms with E-state index >= 15 is 0 Å². The number of rotatable bonds is 4. The van der Waals surface area contributed by atoms with Crippen LogP contribution in [0, 0.1) is 23.3 Å². The fourth-order valence-corrected chi connectivity index (χ4v) is 1.98. The second-order valence-corrected chi connectivity index (χ2v) is 4.37. The molecule has 0 aliphatic carbocycles. The maximum absolute atomic E-state index is 13.7. The van der Waals surface area contributed by atoms with Crippen LogP contribution in [-0.2, 0) is 0 Å². The maximum Gasteiger partial charge on any atom is 0.161 e. The van der Waals surface area contributed by atoms with Crippen molar-refractivity contribution in [3.05, 3.63) is 65.2 Å². The molecule has 20 heavy (non-hydrogen) atoms. The predicted molar refractivity (Wildman–Crippen MR) is 69.4 cm³/mol. The van der Waals surface area contributed by atoms with Gasteiger partial charge in [-0.05, 0) is 12.5 Å². The molecule has 2 aromatic rings. The zero-order valence-corrected chi connectivity index (χ0v) is 10.8. The summed E-state index contributed by atoms with van der Waals surface area (Å²) in [6, 6.07) is 6.72. The van der Waals surface area contributed by atoms with Crippen LogP contribution in [0.1, 0.15) is 24.9 Å². The van der Waals surface area contributed by atoms with Crippen molar-refractivity contribution in [2.45, 2.75) is 19.4 Å². The average Bonchev–Trinajstić information content (AvgIpc) is 2.42. The number of anilines is 1. The molecule has 1 unspecified atom stereocenters. The molecule has 0 saturated carbocycles. The zero-order valence-electron chi connectivity index (χ0n) is 10.8. The van der Waals surface area contributed by atoms with Gasteiger partial charge in [0, 0.05) is 17.7 Å². The van der Waals surface area contributed by atoms with Gasteiger partial charge in [-0.15, -0.1) is 0 Å². The van der Waals surface area contributed by atoms with Crippen LogP contribution in [0.4, 0.5) is 23.2 Å². The lowest BCUT2D eigenvalue weighted by atomic mass is 10.0. The molecule has 2 rings (SSSR count). The van der Waals surface area contributed by atoms with Crippen molar-refractivity contribution < 1.29 is 17.6 Å². The van der Waals surface area contributed by atoms with Gasteiger partial charge in [-0.1, -0.05) is 25.1 Å². The third kappa shape index (κ3) is 2.92. The topological polar surface area (TPSA) is 12.0 Å². The van der Waals surface area contributed by atoms with E-state index in [0.717, 1.165) is 6.07 Å². The Bertz CT molecular complexity index is 613. The molecule has 0 aromatic heterocycles. The highest BCUT2D eigenvalue weighted by Gasteiger charge is 2.17. The summed E-state index contributed by atoms with van der Waals surface area (Å²) in [5.41, 5.74) is 0.151. The Hall–Kier alpha value is -2.04. The van der Waals surface area contributed by atoms with Crippen molar-refractivity contribution in [2.75, 3.05) is 5.32 Å². The van der Waals surface area contributed by atoms with E-state index in [1.54, 1.807) is 25.1 Å². The van der Waals surface area contributed by atoms with E-state index in [0.29, 0.717) is 18.1 Å². The standard InChI is InChI=1S/C15H13F4N/c1-2-14(9-5-3-4-6-10(9)16)20-15-8-12(18)11(17)7-13(15)19/h3-8,14,20H,2H2,1H3. The van der Waals surface area contributed by atoms with Crippen molar-refractivity contribution in [3.8, 4) is 0 Å². The Labute approximate surface area is 114 Å². The van der Waals surface area contributed by atoms with Crippen LogP contribution in [0.2, 0.25) is 0 Å². The summed E-state index contributed by atoms with van der Waals surface area (Å²) in [4.78, 5) is 0. The summed E-state index contributed by atoms with van der Waals surface area (Å²) >= 11 is 0. The van der Waals surface area contributed by atoms with Gasteiger partial charge in [0.2, 0.25) is 0 Å². The molecule has 0 aliphatic rings. The quantitative estimate of drug-likeness (QED) is 0.627. The van der Waals surface area contributed by atoms with E-state index in [1.807, 2.05) is 0 Å². The first-order valence-corrected chi connectivity index (χ1v) is 6.18. The molecule has 0 heterocycles. The smallest absolute Gasteiger partial charge is 0.161 e. The summed E-state index contributed by atoms with van der Waals surface area (Å²) in [5, 5.41) is 2.70. The van der Waals surface area contributed by atoms with Gasteiger partial charge in [0.1, 0.15) is 11.6 Å². The normalized spacial score (nSPS) is 12.2. The molecular formula is C15H13F4N. The summed E-state index contributed by atoms with van der Waals surface area (Å²) in [6.45, 7) is 1.78. The fraction of sp³-hybridized carbons (Fsp3) is 0.200. The SMILES string of the molecule is CCC(Nc1cc(F)c(F)cc1F)c1ccccc1F. The van der Waals surface area contributed by atoms with Crippen LogP contribution >= 0.6 is 0 Å². The number of hydrogen-bond acceptors (Lipinski definition) is 1. The van der Waals surface area contributed by atoms with E-state index in [9.17, 15) is 17.6 Å². The Kier molecular flexibility index (Phi) is 4.27. The largest absolute Gasteiger partial charge is 0.376 e. The summed E-state index contributed by atoms with van der Waals surface area (Å²) < 4.78 is 53.3. The second kappa shape index (κ2) is 5.94. The molecule has 0 saturated heterocycles. The van der Waals surface area contributed by atoms with Gasteiger partial charge in [0.15, 0.2) is 11.6 Å². The van der Waals surface area contributed by atoms with Crippen molar-refractivity contribution in [3.63, 3.8) is 0 Å². The third-order valence-electron chi connectivity index (χ3n) is 3.03. The minimum Gasteiger partial charge on any atom is -0.376 e. The van der Waals surface area contributed by atoms with E-state index < -0.39 is 29.3 Å². The Morgan fingerprint density at radius 1 is 0.900 bits per heavy atom. The highest BCUT2D eigenvalue weighted by atomic mass is 19.2. The molecular weight excluding hydrogens is 270 g/mol. The molecule has 0 amide bonds. The van der Waals surface area contributed by atoms with Crippen LogP contribution in [0.15, 0.2) is 36.4 Å². The molecule has 106 valence electrons. The molecule has 5 heteroatoms. The summed E-state index contributed by atoms with van der Waals surface area (Å²) in [7, 11) is 0. The van der Waals surface area contributed by atoms with Crippen LogP contribution in [-0.4, -0.2) is 0 Å². The highest BCUT2D eigenvalue weighted by Crippen LogP contribution is 2.27. The number of benzene rings is 2. The summed E-state index contributed by atoms with van der Waals surface area (Å²) in [5.74, 6) is -3.77. The maximum atomic E-state index is 13.7. The lowest BCUT2D eigenvalue weighted by molar-refractivity contribution is 0.495. The fourth-order valence-electron chi connectivity index (χ4n) is 1.98. The molecule has 0 bridgehead atoms. The van der Waals surface area contributed by atoms with Crippen molar-refractivity contribution in [1.29, 1.82) is 0 Å². The first-order chi connectivity index (χ1) is 9.52. The van der Waals surface area contributed by atoms with E-state index in [-0.39, 0.29) is 5.69 Å². The van der Waals surface area contributed by atoms with Gasteiger partial charge in [-0.2, -0.15) is 0 Å². The third-order valence-corrected chi connectivity index (χ3v) is 3.03. The lowest BCUT2D eigenvalue weighted by Gasteiger charge is -2.20. The van der Waals surface area contributed by atoms with E-state index in [2.05, 4.69) is 5.32 Å². The van der Waals surface area contributed by atoms with Gasteiger partial charge in [0.25, 0.3) is 0 Å². The highest BCUT2D eigenvalue weighted by molar-refractivity contribution is 5.47. The lowest BCUT2D eigenvalue weighted by Crippen LogP contribution is -2.13. The first kappa shape index (κ1) is 14.4. The first-order valence-electron chi connectivity index (χ1n) is 6.18. The summed E-state index contributed by atoms with van der Waals surface area (Å²) in [6.07, 6.45) is 0.458. The predicted octanol–water partition coefficient (Wildman–Crippen LogP) is 4.81. The minimum absolute atomic E-state index is 0.195. The van der Waals surface area contributed by atoms with Gasteiger partial charge in [0.05, 0.1) is 11.7 Å². The van der Waals surface area contributed by atoms with Crippen LogP contribution in [0.25, 0.3) is 0 Å². The van der Waals surface area contributed by atoms with E-state index in [4.69, 9.17) is 0 Å². The molecule has 0 aliphatic heterocycles. The van der Waals surface area contributed by atoms with Gasteiger partial charge >= 0.3 is 0 Å². The minimum atomic E-state index is -1.26. The Morgan fingerprint density at radius 3 is 2.20 bits per heavy atom. The van der Waals surface area contributed by atoms with Crippen molar-refractivity contribution in [1.82, 2.24) is 0 Å². The molecule has 0 fully saturated rings. The van der Waals surface area contributed by atoms with Gasteiger partial charge in [-0.25, -0.2) is 17.6 Å². The number of nitrogens with one attached hydrogen (secondary N) is 1. The molecule has 1 nitrogen and oxygen atoms in total.